The highest BCUT2D eigenvalue weighted by Crippen LogP contribution is 2.22. The number of hydrogen-bond acceptors (Lipinski definition) is 3. The predicted octanol–water partition coefficient (Wildman–Crippen LogP) is 2.48. The van der Waals surface area contributed by atoms with Gasteiger partial charge in [-0.3, -0.25) is 4.79 Å². The molecule has 2 heterocycles. The molecule has 2 fully saturated rings. The van der Waals surface area contributed by atoms with Gasteiger partial charge in [0.25, 0.3) is 0 Å². The van der Waals surface area contributed by atoms with Crippen LogP contribution in [0.25, 0.3) is 0 Å². The smallest absolute Gasteiger partial charge is 0.227 e. The highest BCUT2D eigenvalue weighted by atomic mass is 19.1. The quantitative estimate of drug-likeness (QED) is 0.896. The van der Waals surface area contributed by atoms with Crippen molar-refractivity contribution >= 4 is 11.6 Å². The lowest BCUT2D eigenvalue weighted by Gasteiger charge is -2.35. The Hall–Kier alpha value is -1.46. The minimum absolute atomic E-state index is 0.0677. The van der Waals surface area contributed by atoms with E-state index in [1.54, 1.807) is 12.1 Å². The minimum atomic E-state index is -0.283. The number of hydrogen-bond donors (Lipinski definition) is 2. The molecule has 0 bridgehead atoms. The zero-order chi connectivity index (χ0) is 16.1. The number of nitrogens with one attached hydrogen (secondary N) is 2. The van der Waals surface area contributed by atoms with Crippen LogP contribution in [-0.4, -0.2) is 43.5 Å². The third-order valence-corrected chi connectivity index (χ3v) is 5.05. The molecule has 0 unspecified atom stereocenters. The Morgan fingerprint density at radius 1 is 1.13 bits per heavy atom. The van der Waals surface area contributed by atoms with E-state index in [1.807, 2.05) is 0 Å². The van der Waals surface area contributed by atoms with Crippen LogP contribution in [0.4, 0.5) is 10.1 Å². The van der Waals surface area contributed by atoms with Crippen LogP contribution >= 0.6 is 0 Å². The molecule has 1 amide bonds. The van der Waals surface area contributed by atoms with Crippen LogP contribution in [0, 0.1) is 17.7 Å². The largest absolute Gasteiger partial charge is 0.326 e. The summed E-state index contributed by atoms with van der Waals surface area (Å²) in [6.07, 6.45) is 4.37. The van der Waals surface area contributed by atoms with E-state index in [2.05, 4.69) is 15.5 Å². The second kappa shape index (κ2) is 7.88. The standard InChI is InChI=1S/C18H26FN3O/c19-16-1-3-17(4-2-16)21-18(23)15-7-11-22(12-8-15)13-14-5-9-20-10-6-14/h1-4,14-15,20H,5-13H2,(H,21,23). The number of likely N-dealkylation sites (tertiary alicyclic amines) is 1. The van der Waals surface area contributed by atoms with Crippen molar-refractivity contribution in [1.82, 2.24) is 10.2 Å². The molecule has 4 nitrogen and oxygen atoms in total. The SMILES string of the molecule is O=C(Nc1ccc(F)cc1)C1CCN(CC2CCNCC2)CC1. The second-order valence-corrected chi connectivity index (χ2v) is 6.76. The van der Waals surface area contributed by atoms with Gasteiger partial charge in [0, 0.05) is 18.2 Å². The van der Waals surface area contributed by atoms with E-state index in [0.29, 0.717) is 5.69 Å². The predicted molar refractivity (Wildman–Crippen MR) is 89.8 cm³/mol. The Morgan fingerprint density at radius 2 is 1.78 bits per heavy atom. The molecule has 0 aromatic heterocycles. The number of rotatable bonds is 4. The van der Waals surface area contributed by atoms with Crippen molar-refractivity contribution in [2.24, 2.45) is 11.8 Å². The van der Waals surface area contributed by atoms with Gasteiger partial charge in [-0.05, 0) is 82.0 Å². The van der Waals surface area contributed by atoms with Gasteiger partial charge in [0.1, 0.15) is 5.82 Å². The number of carbonyl (C=O) groups excluding carboxylic acids is 1. The summed E-state index contributed by atoms with van der Waals surface area (Å²) in [6.45, 7) is 5.47. The lowest BCUT2D eigenvalue weighted by molar-refractivity contribution is -0.121. The highest BCUT2D eigenvalue weighted by molar-refractivity contribution is 5.92. The maximum atomic E-state index is 12.9. The van der Waals surface area contributed by atoms with Crippen LogP contribution in [0.5, 0.6) is 0 Å². The van der Waals surface area contributed by atoms with Crippen molar-refractivity contribution < 1.29 is 9.18 Å². The fraction of sp³-hybridized carbons (Fsp3) is 0.611. The maximum Gasteiger partial charge on any atom is 0.227 e. The first-order valence-corrected chi connectivity index (χ1v) is 8.70. The van der Waals surface area contributed by atoms with E-state index in [0.717, 1.165) is 44.9 Å². The highest BCUT2D eigenvalue weighted by Gasteiger charge is 2.26. The molecule has 2 saturated heterocycles. The van der Waals surface area contributed by atoms with Crippen molar-refractivity contribution in [3.8, 4) is 0 Å². The Morgan fingerprint density at radius 3 is 2.43 bits per heavy atom. The molecule has 2 aliphatic heterocycles. The van der Waals surface area contributed by atoms with Crippen LogP contribution in [0.1, 0.15) is 25.7 Å². The number of anilines is 1. The summed E-state index contributed by atoms with van der Waals surface area (Å²) >= 11 is 0. The van der Waals surface area contributed by atoms with Crippen LogP contribution in [0.2, 0.25) is 0 Å². The van der Waals surface area contributed by atoms with Crippen LogP contribution in [0.3, 0.4) is 0 Å². The first-order chi connectivity index (χ1) is 11.2. The average molecular weight is 319 g/mol. The van der Waals surface area contributed by atoms with Gasteiger partial charge in [0.15, 0.2) is 0 Å². The van der Waals surface area contributed by atoms with Gasteiger partial charge >= 0.3 is 0 Å². The van der Waals surface area contributed by atoms with Crippen LogP contribution in [0.15, 0.2) is 24.3 Å². The summed E-state index contributed by atoms with van der Waals surface area (Å²) < 4.78 is 12.9. The molecule has 1 aromatic rings. The Labute approximate surface area is 137 Å². The number of piperidine rings is 2. The summed E-state index contributed by atoms with van der Waals surface area (Å²) in [5, 5.41) is 6.31. The molecule has 126 valence electrons. The van der Waals surface area contributed by atoms with Crippen LogP contribution in [-0.2, 0) is 4.79 Å². The Bertz CT molecular complexity index is 506. The zero-order valence-electron chi connectivity index (χ0n) is 13.6. The number of carbonyl (C=O) groups is 1. The van der Waals surface area contributed by atoms with E-state index in [-0.39, 0.29) is 17.6 Å². The van der Waals surface area contributed by atoms with Crippen molar-refractivity contribution in [3.63, 3.8) is 0 Å². The summed E-state index contributed by atoms with van der Waals surface area (Å²) in [7, 11) is 0. The van der Waals surface area contributed by atoms with Crippen molar-refractivity contribution in [2.45, 2.75) is 25.7 Å². The fourth-order valence-corrected chi connectivity index (χ4v) is 3.58. The Kier molecular flexibility index (Phi) is 5.62. The first kappa shape index (κ1) is 16.4. The first-order valence-electron chi connectivity index (χ1n) is 8.70. The van der Waals surface area contributed by atoms with E-state index < -0.39 is 0 Å². The van der Waals surface area contributed by atoms with Gasteiger partial charge in [0.05, 0.1) is 0 Å². The molecular weight excluding hydrogens is 293 g/mol. The van der Waals surface area contributed by atoms with Gasteiger partial charge in [-0.25, -0.2) is 4.39 Å². The van der Waals surface area contributed by atoms with Crippen molar-refractivity contribution in [2.75, 3.05) is 38.0 Å². The van der Waals surface area contributed by atoms with Gasteiger partial charge < -0.3 is 15.5 Å². The zero-order valence-corrected chi connectivity index (χ0v) is 13.6. The summed E-state index contributed by atoms with van der Waals surface area (Å²) in [5.74, 6) is 0.664. The topological polar surface area (TPSA) is 44.4 Å². The van der Waals surface area contributed by atoms with Gasteiger partial charge in [-0.1, -0.05) is 0 Å². The van der Waals surface area contributed by atoms with Gasteiger partial charge in [0.2, 0.25) is 5.91 Å². The normalized spacial score (nSPS) is 21.3. The maximum absolute atomic E-state index is 12.9. The number of nitrogens with zero attached hydrogens (tertiary/aromatic N) is 1. The van der Waals surface area contributed by atoms with Crippen LogP contribution < -0.4 is 10.6 Å². The molecule has 23 heavy (non-hydrogen) atoms. The van der Waals surface area contributed by atoms with Gasteiger partial charge in [-0.2, -0.15) is 0 Å². The van der Waals surface area contributed by atoms with E-state index in [1.165, 1.54) is 31.5 Å². The number of benzene rings is 1. The third kappa shape index (κ3) is 4.75. The van der Waals surface area contributed by atoms with E-state index in [4.69, 9.17) is 0 Å². The molecule has 2 aliphatic rings. The number of halogens is 1. The molecule has 0 radical (unpaired) electrons. The van der Waals surface area contributed by atoms with Gasteiger partial charge in [-0.15, -0.1) is 0 Å². The molecule has 1 aromatic carbocycles. The summed E-state index contributed by atoms with van der Waals surface area (Å²) in [5.41, 5.74) is 0.675. The molecule has 0 aliphatic carbocycles. The minimum Gasteiger partial charge on any atom is -0.326 e. The Balaban J connectivity index is 1.42. The van der Waals surface area contributed by atoms with E-state index >= 15 is 0 Å². The molecule has 0 atom stereocenters. The molecule has 3 rings (SSSR count). The van der Waals surface area contributed by atoms with E-state index in [9.17, 15) is 9.18 Å². The lowest BCUT2D eigenvalue weighted by Crippen LogP contribution is -2.42. The second-order valence-electron chi connectivity index (χ2n) is 6.76. The van der Waals surface area contributed by atoms with Crippen molar-refractivity contribution in [1.29, 1.82) is 0 Å². The molecule has 0 spiro atoms. The fourth-order valence-electron chi connectivity index (χ4n) is 3.58. The molecule has 5 heteroatoms. The molecule has 0 saturated carbocycles. The number of amides is 1. The molecular formula is C18H26FN3O. The monoisotopic (exact) mass is 319 g/mol. The lowest BCUT2D eigenvalue weighted by atomic mass is 9.93. The molecule has 2 N–H and O–H groups in total. The summed E-state index contributed by atoms with van der Waals surface area (Å²) in [6, 6.07) is 5.97. The summed E-state index contributed by atoms with van der Waals surface area (Å²) in [4.78, 5) is 14.8. The van der Waals surface area contributed by atoms with Crippen molar-refractivity contribution in [3.05, 3.63) is 30.1 Å². The average Bonchev–Trinajstić information content (AvgIpc) is 2.58. The third-order valence-electron chi connectivity index (χ3n) is 5.05.